The molecule has 0 aliphatic rings. The van der Waals surface area contributed by atoms with Crippen LogP contribution in [0.15, 0.2) is 83.0 Å². The number of amides is 3. The molecule has 0 heterocycles. The lowest BCUT2D eigenvalue weighted by Gasteiger charge is -2.23. The molecule has 0 fully saturated rings. The third kappa shape index (κ3) is 9.73. The number of aromatic hydroxyl groups is 6. The average Bonchev–Trinajstić information content (AvgIpc) is 3.27. The van der Waals surface area contributed by atoms with Crippen LogP contribution < -0.4 is 21.5 Å². The Labute approximate surface area is 380 Å². The van der Waals surface area contributed by atoms with Crippen molar-refractivity contribution in [2.45, 2.75) is 59.8 Å². The lowest BCUT2D eigenvalue weighted by Crippen LogP contribution is -2.34. The summed E-state index contributed by atoms with van der Waals surface area (Å²) in [6.07, 6.45) is 1.99. The second kappa shape index (κ2) is 20.2. The minimum Gasteiger partial charge on any atom is -0.507 e. The second-order valence-corrected chi connectivity index (χ2v) is 16.4. The number of hydrazone groups is 2. The van der Waals surface area contributed by atoms with E-state index in [9.17, 15) is 49.8 Å². The molecule has 66 heavy (non-hydrogen) atoms. The van der Waals surface area contributed by atoms with E-state index in [4.69, 9.17) is 0 Å². The molecule has 0 aromatic heterocycles. The molecule has 16 heteroatoms. The van der Waals surface area contributed by atoms with Crippen molar-refractivity contribution in [1.29, 1.82) is 0 Å². The lowest BCUT2D eigenvalue weighted by atomic mass is 9.83. The summed E-state index contributed by atoms with van der Waals surface area (Å²) in [5.41, 5.74) is 6.96. The van der Waals surface area contributed by atoms with Gasteiger partial charge >= 0.3 is 0 Å². The van der Waals surface area contributed by atoms with E-state index in [0.717, 1.165) is 12.4 Å². The number of nitrogens with zero attached hydrogens (tertiary/aromatic N) is 2. The highest BCUT2D eigenvalue weighted by molar-refractivity contribution is 6.15. The van der Waals surface area contributed by atoms with Crippen LogP contribution in [0.25, 0.3) is 32.7 Å². The molecule has 0 radical (unpaired) electrons. The smallest absolute Gasteiger partial charge is 0.254 e. The number of carbonyl (C=O) groups is 4. The molecule has 0 unspecified atom stereocenters. The number of hydrogen-bond donors (Lipinski definition) is 10. The van der Waals surface area contributed by atoms with E-state index in [1.807, 2.05) is 0 Å². The van der Waals surface area contributed by atoms with Crippen LogP contribution >= 0.6 is 0 Å². The van der Waals surface area contributed by atoms with Crippen LogP contribution in [0.1, 0.15) is 100 Å². The van der Waals surface area contributed by atoms with Crippen molar-refractivity contribution in [3.63, 3.8) is 0 Å². The minimum atomic E-state index is -0.638. The van der Waals surface area contributed by atoms with Gasteiger partial charge in [0.15, 0.2) is 28.8 Å². The molecule has 0 spiro atoms. The van der Waals surface area contributed by atoms with E-state index in [2.05, 4.69) is 31.7 Å². The third-order valence-corrected chi connectivity index (χ3v) is 11.1. The second-order valence-electron chi connectivity index (χ2n) is 16.4. The van der Waals surface area contributed by atoms with E-state index in [1.165, 1.54) is 0 Å². The number of nitrogens with one attached hydrogen (secondary N) is 4. The van der Waals surface area contributed by atoms with Crippen molar-refractivity contribution in [1.82, 2.24) is 21.5 Å². The highest BCUT2D eigenvalue weighted by atomic mass is 16.3. The Kier molecular flexibility index (Phi) is 14.6. The highest BCUT2D eigenvalue weighted by Crippen LogP contribution is 2.54. The van der Waals surface area contributed by atoms with Crippen molar-refractivity contribution in [2.24, 2.45) is 10.2 Å². The first-order valence-electron chi connectivity index (χ1n) is 21.2. The molecule has 6 aromatic rings. The maximum atomic E-state index is 12.7. The van der Waals surface area contributed by atoms with Crippen LogP contribution in [-0.4, -0.2) is 86.2 Å². The molecule has 342 valence electrons. The molecular weight excluding hydrogens is 845 g/mol. The SMILES string of the molecule is Cc1cc2c(C(C)C)c(O)c(O)c(C=NNC(=O)CCNC(=O)c3ccccc3)c2c(O)c1-c1c(C)cc2c(C(C)C)c(O)c(O)c(C=NNC(=O)CNCC(=O)c3ccccc3)c2c1O. The number of hydrogen-bond acceptors (Lipinski definition) is 13. The molecule has 0 bridgehead atoms. The molecule has 0 saturated heterocycles. The van der Waals surface area contributed by atoms with E-state index >= 15 is 0 Å². The first-order valence-corrected chi connectivity index (χ1v) is 21.2. The minimum absolute atomic E-state index is 0.000351. The van der Waals surface area contributed by atoms with Crippen molar-refractivity contribution in [3.8, 4) is 45.6 Å². The summed E-state index contributed by atoms with van der Waals surface area (Å²) in [5, 5.41) is 84.4. The number of phenols is 6. The molecule has 0 saturated carbocycles. The molecule has 6 rings (SSSR count). The fourth-order valence-electron chi connectivity index (χ4n) is 8.05. The van der Waals surface area contributed by atoms with Gasteiger partial charge in [-0.25, -0.2) is 10.9 Å². The van der Waals surface area contributed by atoms with Gasteiger partial charge in [-0.05, 0) is 59.7 Å². The molecule has 6 aromatic carbocycles. The van der Waals surface area contributed by atoms with Gasteiger partial charge in [-0.15, -0.1) is 0 Å². The van der Waals surface area contributed by atoms with Crippen molar-refractivity contribution >= 4 is 57.5 Å². The van der Waals surface area contributed by atoms with Crippen molar-refractivity contribution in [3.05, 3.63) is 117 Å². The molecule has 16 nitrogen and oxygen atoms in total. The zero-order chi connectivity index (χ0) is 48.0. The van der Waals surface area contributed by atoms with Crippen LogP contribution in [-0.2, 0) is 9.59 Å². The number of aryl methyl sites for hydroxylation is 2. The predicted octanol–water partition coefficient (Wildman–Crippen LogP) is 6.95. The first kappa shape index (κ1) is 47.5. The Balaban J connectivity index is 1.39. The summed E-state index contributed by atoms with van der Waals surface area (Å²) in [6, 6.07) is 20.4. The molecular formula is C50H52N6O10. The number of phenolic OH excluding ortho intramolecular Hbond substituents is 6. The fraction of sp³-hybridized carbons (Fsp3) is 0.240. The molecule has 3 amide bonds. The van der Waals surface area contributed by atoms with Crippen LogP contribution in [0.2, 0.25) is 0 Å². The lowest BCUT2D eigenvalue weighted by molar-refractivity contribution is -0.121. The van der Waals surface area contributed by atoms with Gasteiger partial charge < -0.3 is 41.3 Å². The van der Waals surface area contributed by atoms with Crippen LogP contribution in [0.3, 0.4) is 0 Å². The summed E-state index contributed by atoms with van der Waals surface area (Å²) in [4.78, 5) is 50.3. The maximum absolute atomic E-state index is 12.7. The van der Waals surface area contributed by atoms with E-state index in [1.54, 1.807) is 114 Å². The predicted molar refractivity (Wildman–Crippen MR) is 253 cm³/mol. The van der Waals surface area contributed by atoms with Crippen LogP contribution in [0, 0.1) is 13.8 Å². The summed E-state index contributed by atoms with van der Waals surface area (Å²) in [5.74, 6) is -5.58. The molecule has 10 N–H and O–H groups in total. The monoisotopic (exact) mass is 896 g/mol. The van der Waals surface area contributed by atoms with E-state index in [0.29, 0.717) is 44.2 Å². The normalized spacial score (nSPS) is 11.6. The zero-order valence-electron chi connectivity index (χ0n) is 37.3. The zero-order valence-corrected chi connectivity index (χ0v) is 37.3. The molecule has 0 aliphatic heterocycles. The largest absolute Gasteiger partial charge is 0.507 e. The van der Waals surface area contributed by atoms with Gasteiger partial charge in [-0.1, -0.05) is 88.4 Å². The van der Waals surface area contributed by atoms with Gasteiger partial charge in [0.05, 0.1) is 36.6 Å². The Morgan fingerprint density at radius 2 is 1.02 bits per heavy atom. The number of Topliss-reactive ketones (excluding diaryl/α,β-unsaturated/α-hetero) is 1. The number of carbonyl (C=O) groups excluding carboxylic acids is 4. The van der Waals surface area contributed by atoms with E-state index < -0.39 is 46.3 Å². The summed E-state index contributed by atoms with van der Waals surface area (Å²) < 4.78 is 0. The maximum Gasteiger partial charge on any atom is 0.254 e. The Morgan fingerprint density at radius 3 is 1.47 bits per heavy atom. The standard InChI is InChI=1S/C50H52N6O10/c1-25(2)38-31-19-27(5)40(46(62)42(31)33(44(60)48(38)64)21-53-55-36(58)17-18-52-50(66)30-15-11-8-12-16-30)41-28(6)20-32-39(26(3)4)49(65)45(61)34(43(32)47(41)63)22-54-56-37(59)24-51-23-35(57)29-13-9-7-10-14-29/h7-16,19-22,25-26,51,60-65H,17-18,23-24H2,1-6H3,(H,52,66)(H,55,58)(H,56,59). The first-order chi connectivity index (χ1) is 31.4. The van der Waals surface area contributed by atoms with Crippen molar-refractivity contribution in [2.75, 3.05) is 19.6 Å². The summed E-state index contributed by atoms with van der Waals surface area (Å²) in [6.45, 7) is 10.1. The Bertz CT molecular complexity index is 2730. The summed E-state index contributed by atoms with van der Waals surface area (Å²) in [7, 11) is 0. The third-order valence-electron chi connectivity index (χ3n) is 11.1. The van der Waals surface area contributed by atoms with Crippen molar-refractivity contribution < 1.29 is 49.8 Å². The number of ketones is 1. The fourth-order valence-corrected chi connectivity index (χ4v) is 8.05. The Hall–Kier alpha value is -7.98. The topological polar surface area (TPSA) is 262 Å². The van der Waals surface area contributed by atoms with Gasteiger partial charge in [-0.3, -0.25) is 19.2 Å². The van der Waals surface area contributed by atoms with Crippen LogP contribution in [0.4, 0.5) is 0 Å². The number of fused-ring (bicyclic) bond motifs is 2. The highest BCUT2D eigenvalue weighted by Gasteiger charge is 2.30. The quantitative estimate of drug-likeness (QED) is 0.0206. The van der Waals surface area contributed by atoms with Gasteiger partial charge in [-0.2, -0.15) is 10.2 Å². The number of benzene rings is 6. The van der Waals surface area contributed by atoms with Gasteiger partial charge in [0, 0.05) is 57.1 Å². The van der Waals surface area contributed by atoms with Gasteiger partial charge in [0.2, 0.25) is 5.91 Å². The van der Waals surface area contributed by atoms with Crippen LogP contribution in [0.5, 0.6) is 34.5 Å². The van der Waals surface area contributed by atoms with Gasteiger partial charge in [0.25, 0.3) is 11.8 Å². The molecule has 0 aliphatic carbocycles. The summed E-state index contributed by atoms with van der Waals surface area (Å²) >= 11 is 0. The average molecular weight is 897 g/mol. The van der Waals surface area contributed by atoms with Gasteiger partial charge in [0.1, 0.15) is 11.5 Å². The number of rotatable bonds is 16. The van der Waals surface area contributed by atoms with E-state index in [-0.39, 0.29) is 82.6 Å². The molecule has 0 atom stereocenters. The Morgan fingerprint density at radius 1 is 0.576 bits per heavy atom.